The molecule has 2 aromatic carbocycles. The van der Waals surface area contributed by atoms with Crippen molar-refractivity contribution in [1.29, 1.82) is 0 Å². The third kappa shape index (κ3) is 4.84. The molecule has 3 rings (SSSR count). The van der Waals surface area contributed by atoms with E-state index in [0.717, 1.165) is 0 Å². The molecule has 1 amide bonds. The SMILES string of the molecule is NC(=O)CC1(COc2ccccc2)CCCN(S(=O)(=O)c2cccc(Cl)c2)C1. The quantitative estimate of drug-likeness (QED) is 0.742. The van der Waals surface area contributed by atoms with Crippen LogP contribution in [0.3, 0.4) is 0 Å². The maximum Gasteiger partial charge on any atom is 0.243 e. The number of amides is 1. The normalized spacial score (nSPS) is 20.6. The first-order valence-corrected chi connectivity index (χ1v) is 10.8. The minimum absolute atomic E-state index is 0.0569. The number of sulfonamides is 1. The number of carbonyl (C=O) groups is 1. The zero-order valence-corrected chi connectivity index (χ0v) is 17.0. The van der Waals surface area contributed by atoms with Gasteiger partial charge in [0.15, 0.2) is 0 Å². The number of piperidine rings is 1. The highest BCUT2D eigenvalue weighted by Gasteiger charge is 2.42. The molecule has 1 heterocycles. The van der Waals surface area contributed by atoms with E-state index in [-0.39, 0.29) is 24.5 Å². The first-order chi connectivity index (χ1) is 13.3. The number of hydrogen-bond acceptors (Lipinski definition) is 4. The van der Waals surface area contributed by atoms with Gasteiger partial charge in [-0.3, -0.25) is 4.79 Å². The van der Waals surface area contributed by atoms with Crippen LogP contribution in [-0.4, -0.2) is 38.3 Å². The number of benzene rings is 2. The van der Waals surface area contributed by atoms with Crippen LogP contribution in [0.15, 0.2) is 59.5 Å². The Hall–Kier alpha value is -2.09. The number of halogens is 1. The third-order valence-electron chi connectivity index (χ3n) is 4.90. The minimum atomic E-state index is -3.73. The van der Waals surface area contributed by atoms with Crippen LogP contribution < -0.4 is 10.5 Å². The molecule has 0 spiro atoms. The molecule has 6 nitrogen and oxygen atoms in total. The highest BCUT2D eigenvalue weighted by Crippen LogP contribution is 2.36. The van der Waals surface area contributed by atoms with Gasteiger partial charge in [-0.25, -0.2) is 8.42 Å². The molecular formula is C20H23ClN2O4S. The standard InChI is InChI=1S/C20H23ClN2O4S/c21-16-6-4-9-18(12-16)28(25,26)23-11-5-10-20(14-23,13-19(22)24)15-27-17-7-2-1-3-8-17/h1-4,6-9,12H,5,10-11,13-15H2,(H2,22,24). The Labute approximate surface area is 170 Å². The van der Waals surface area contributed by atoms with E-state index in [4.69, 9.17) is 22.1 Å². The van der Waals surface area contributed by atoms with Crippen LogP contribution in [0.5, 0.6) is 5.75 Å². The fourth-order valence-electron chi connectivity index (χ4n) is 3.58. The van der Waals surface area contributed by atoms with Crippen molar-refractivity contribution in [2.45, 2.75) is 24.2 Å². The monoisotopic (exact) mass is 422 g/mol. The van der Waals surface area contributed by atoms with Crippen LogP contribution in [0, 0.1) is 5.41 Å². The molecule has 2 N–H and O–H groups in total. The minimum Gasteiger partial charge on any atom is -0.493 e. The molecule has 0 aliphatic carbocycles. The van der Waals surface area contributed by atoms with Gasteiger partial charge in [0.05, 0.1) is 11.5 Å². The predicted molar refractivity (Wildman–Crippen MR) is 108 cm³/mol. The summed E-state index contributed by atoms with van der Waals surface area (Å²) in [5.74, 6) is 0.194. The summed E-state index contributed by atoms with van der Waals surface area (Å²) in [7, 11) is -3.73. The van der Waals surface area contributed by atoms with E-state index in [1.807, 2.05) is 30.3 Å². The fraction of sp³-hybridized carbons (Fsp3) is 0.350. The molecule has 1 aliphatic rings. The third-order valence-corrected chi connectivity index (χ3v) is 6.97. The van der Waals surface area contributed by atoms with Crippen molar-refractivity contribution in [3.63, 3.8) is 0 Å². The van der Waals surface area contributed by atoms with Crippen LogP contribution in [0.25, 0.3) is 0 Å². The Balaban J connectivity index is 1.84. The summed E-state index contributed by atoms with van der Waals surface area (Å²) in [6.45, 7) is 0.750. The maximum atomic E-state index is 13.1. The smallest absolute Gasteiger partial charge is 0.243 e. The van der Waals surface area contributed by atoms with Crippen molar-refractivity contribution in [1.82, 2.24) is 4.31 Å². The molecule has 1 saturated heterocycles. The molecule has 1 unspecified atom stereocenters. The topological polar surface area (TPSA) is 89.7 Å². The number of nitrogens with two attached hydrogens (primary N) is 1. The largest absolute Gasteiger partial charge is 0.493 e. The average molecular weight is 423 g/mol. The van der Waals surface area contributed by atoms with Gasteiger partial charge in [-0.05, 0) is 43.2 Å². The summed E-state index contributed by atoms with van der Waals surface area (Å²) in [4.78, 5) is 11.9. The fourth-order valence-corrected chi connectivity index (χ4v) is 5.47. The molecule has 28 heavy (non-hydrogen) atoms. The Morgan fingerprint density at radius 1 is 1.18 bits per heavy atom. The molecular weight excluding hydrogens is 400 g/mol. The summed E-state index contributed by atoms with van der Waals surface area (Å²) >= 11 is 5.97. The van der Waals surface area contributed by atoms with E-state index in [2.05, 4.69) is 0 Å². The average Bonchev–Trinajstić information content (AvgIpc) is 2.67. The number of ether oxygens (including phenoxy) is 1. The van der Waals surface area contributed by atoms with Crippen molar-refractivity contribution < 1.29 is 17.9 Å². The summed E-state index contributed by atoms with van der Waals surface area (Å²) in [5.41, 5.74) is 4.81. The van der Waals surface area contributed by atoms with Gasteiger partial charge in [-0.15, -0.1) is 0 Å². The number of primary amides is 1. The second-order valence-corrected chi connectivity index (χ2v) is 9.52. The Morgan fingerprint density at radius 2 is 1.93 bits per heavy atom. The summed E-state index contributed by atoms with van der Waals surface area (Å²) in [6.07, 6.45) is 1.33. The van der Waals surface area contributed by atoms with E-state index in [1.165, 1.54) is 16.4 Å². The van der Waals surface area contributed by atoms with Gasteiger partial charge in [-0.2, -0.15) is 4.31 Å². The van der Waals surface area contributed by atoms with Gasteiger partial charge >= 0.3 is 0 Å². The molecule has 2 aromatic rings. The molecule has 1 atom stereocenters. The van der Waals surface area contributed by atoms with Crippen molar-refractivity contribution in [2.24, 2.45) is 11.1 Å². The van der Waals surface area contributed by atoms with Crippen molar-refractivity contribution >= 4 is 27.5 Å². The summed E-state index contributed by atoms with van der Waals surface area (Å²) in [6, 6.07) is 15.4. The number of nitrogens with zero attached hydrogens (tertiary/aromatic N) is 1. The molecule has 0 aromatic heterocycles. The van der Waals surface area contributed by atoms with Crippen LogP contribution in [0.4, 0.5) is 0 Å². The van der Waals surface area contributed by atoms with Crippen molar-refractivity contribution in [2.75, 3.05) is 19.7 Å². The Morgan fingerprint density at radius 3 is 2.61 bits per heavy atom. The molecule has 1 fully saturated rings. The molecule has 8 heteroatoms. The first kappa shape index (κ1) is 20.6. The van der Waals surface area contributed by atoms with Gasteiger partial charge in [0.2, 0.25) is 15.9 Å². The lowest BCUT2D eigenvalue weighted by molar-refractivity contribution is -0.121. The van der Waals surface area contributed by atoms with Gasteiger partial charge < -0.3 is 10.5 Å². The molecule has 1 aliphatic heterocycles. The second-order valence-electron chi connectivity index (χ2n) is 7.14. The maximum absolute atomic E-state index is 13.1. The number of para-hydroxylation sites is 1. The van der Waals surface area contributed by atoms with Crippen molar-refractivity contribution in [3.05, 3.63) is 59.6 Å². The van der Waals surface area contributed by atoms with Gasteiger partial charge in [-0.1, -0.05) is 35.9 Å². The lowest BCUT2D eigenvalue weighted by Gasteiger charge is -2.41. The summed E-state index contributed by atoms with van der Waals surface area (Å²) < 4.78 is 33.5. The van der Waals surface area contributed by atoms with Crippen LogP contribution >= 0.6 is 11.6 Å². The van der Waals surface area contributed by atoms with Crippen LogP contribution in [0.1, 0.15) is 19.3 Å². The summed E-state index contributed by atoms with van der Waals surface area (Å²) in [5, 5.41) is 0.355. The number of rotatable bonds is 7. The Bertz CT molecular complexity index is 936. The van der Waals surface area contributed by atoms with Gasteiger partial charge in [0, 0.05) is 29.9 Å². The Kier molecular flexibility index (Phi) is 6.27. The second kappa shape index (κ2) is 8.51. The molecule has 150 valence electrons. The molecule has 0 radical (unpaired) electrons. The highest BCUT2D eigenvalue weighted by molar-refractivity contribution is 7.89. The van der Waals surface area contributed by atoms with Gasteiger partial charge in [0.1, 0.15) is 5.75 Å². The van der Waals surface area contributed by atoms with E-state index >= 15 is 0 Å². The predicted octanol–water partition coefficient (Wildman–Crippen LogP) is 3.07. The zero-order chi connectivity index (χ0) is 20.2. The van der Waals surface area contributed by atoms with Gasteiger partial charge in [0.25, 0.3) is 0 Å². The number of hydrogen-bond donors (Lipinski definition) is 1. The van der Waals surface area contributed by atoms with E-state index in [1.54, 1.807) is 12.1 Å². The lowest BCUT2D eigenvalue weighted by Crippen LogP contribution is -2.50. The lowest BCUT2D eigenvalue weighted by atomic mass is 9.78. The van der Waals surface area contributed by atoms with Crippen LogP contribution in [0.2, 0.25) is 5.02 Å². The van der Waals surface area contributed by atoms with E-state index < -0.39 is 21.3 Å². The number of carbonyl (C=O) groups excluding carboxylic acids is 1. The highest BCUT2D eigenvalue weighted by atomic mass is 35.5. The molecule has 0 saturated carbocycles. The first-order valence-electron chi connectivity index (χ1n) is 9.03. The van der Waals surface area contributed by atoms with Crippen molar-refractivity contribution in [3.8, 4) is 5.75 Å². The molecule has 0 bridgehead atoms. The van der Waals surface area contributed by atoms with E-state index in [9.17, 15) is 13.2 Å². The zero-order valence-electron chi connectivity index (χ0n) is 15.4. The van der Waals surface area contributed by atoms with Crippen LogP contribution in [-0.2, 0) is 14.8 Å². The van der Waals surface area contributed by atoms with E-state index in [0.29, 0.717) is 30.2 Å².